The predicted octanol–water partition coefficient (Wildman–Crippen LogP) is 3.49. The molecule has 1 heterocycles. The van der Waals surface area contributed by atoms with E-state index in [1.165, 1.54) is 7.11 Å². The zero-order valence-electron chi connectivity index (χ0n) is 14.5. The van der Waals surface area contributed by atoms with Gasteiger partial charge in [0.05, 0.1) is 7.11 Å². The number of hydrogen-bond acceptors (Lipinski definition) is 5. The monoisotopic (exact) mass is 346 g/mol. The lowest BCUT2D eigenvalue weighted by atomic mass is 10.2. The number of rotatable bonds is 7. The number of amides is 2. The van der Waals surface area contributed by atoms with E-state index >= 15 is 0 Å². The van der Waals surface area contributed by atoms with Gasteiger partial charge in [0.15, 0.2) is 0 Å². The van der Waals surface area contributed by atoms with Crippen LogP contribution < -0.4 is 15.4 Å². The van der Waals surface area contributed by atoms with Gasteiger partial charge in [0.2, 0.25) is 5.76 Å². The Hall–Kier alpha value is -2.96. The molecule has 2 aromatic rings. The Balaban J connectivity index is 1.96. The first-order chi connectivity index (χ1) is 12.0. The Kier molecular flexibility index (Phi) is 6.45. The van der Waals surface area contributed by atoms with Crippen LogP contribution in [0.3, 0.4) is 0 Å². The summed E-state index contributed by atoms with van der Waals surface area (Å²) in [5, 5.41) is 5.47. The summed E-state index contributed by atoms with van der Waals surface area (Å²) in [5.74, 6) is 0.732. The average molecular weight is 346 g/mol. The molecule has 0 atom stereocenters. The molecule has 0 aliphatic carbocycles. The van der Waals surface area contributed by atoms with Crippen molar-refractivity contribution in [3.8, 4) is 5.75 Å². The highest BCUT2D eigenvalue weighted by Crippen LogP contribution is 2.21. The van der Waals surface area contributed by atoms with Crippen LogP contribution in [0.4, 0.5) is 10.5 Å². The van der Waals surface area contributed by atoms with Gasteiger partial charge in [0, 0.05) is 23.9 Å². The number of furan rings is 1. The molecule has 7 nitrogen and oxygen atoms in total. The molecule has 1 aromatic carbocycles. The predicted molar refractivity (Wildman–Crippen MR) is 92.9 cm³/mol. The first-order valence-corrected chi connectivity index (χ1v) is 7.98. The number of anilines is 1. The summed E-state index contributed by atoms with van der Waals surface area (Å²) >= 11 is 0. The Morgan fingerprint density at radius 3 is 2.76 bits per heavy atom. The summed E-state index contributed by atoms with van der Waals surface area (Å²) in [6.45, 7) is 4.52. The zero-order chi connectivity index (χ0) is 18.2. The third-order valence-electron chi connectivity index (χ3n) is 3.35. The van der Waals surface area contributed by atoms with E-state index in [-0.39, 0.29) is 18.4 Å². The molecule has 7 heteroatoms. The van der Waals surface area contributed by atoms with Crippen molar-refractivity contribution in [2.75, 3.05) is 19.0 Å². The van der Waals surface area contributed by atoms with Gasteiger partial charge in [-0.1, -0.05) is 13.0 Å². The van der Waals surface area contributed by atoms with Gasteiger partial charge >= 0.3 is 12.0 Å². The molecule has 2 amide bonds. The van der Waals surface area contributed by atoms with Crippen molar-refractivity contribution in [2.45, 2.75) is 26.9 Å². The van der Waals surface area contributed by atoms with E-state index in [1.54, 1.807) is 37.3 Å². The molecule has 0 radical (unpaired) electrons. The van der Waals surface area contributed by atoms with Crippen LogP contribution in [0.25, 0.3) is 0 Å². The Bertz CT molecular complexity index is 739. The number of benzene rings is 1. The molecule has 0 unspecified atom stereocenters. The summed E-state index contributed by atoms with van der Waals surface area (Å²) in [5.41, 5.74) is 1.31. The second-order valence-corrected chi connectivity index (χ2v) is 5.41. The summed E-state index contributed by atoms with van der Waals surface area (Å²) in [6, 6.07) is 8.49. The Labute approximate surface area is 146 Å². The van der Waals surface area contributed by atoms with Gasteiger partial charge in [-0.15, -0.1) is 0 Å². The maximum Gasteiger partial charge on any atom is 0.374 e. The van der Waals surface area contributed by atoms with Crippen LogP contribution in [-0.4, -0.2) is 25.7 Å². The summed E-state index contributed by atoms with van der Waals surface area (Å²) in [6.07, 6.45) is 0.868. The molecule has 0 aliphatic rings. The molecule has 134 valence electrons. The van der Waals surface area contributed by atoms with E-state index in [1.807, 2.05) is 6.92 Å². The van der Waals surface area contributed by atoms with Crippen LogP contribution in [0.2, 0.25) is 0 Å². The van der Waals surface area contributed by atoms with E-state index in [0.717, 1.165) is 6.42 Å². The van der Waals surface area contributed by atoms with Crippen molar-refractivity contribution in [1.29, 1.82) is 0 Å². The van der Waals surface area contributed by atoms with E-state index < -0.39 is 5.97 Å². The van der Waals surface area contributed by atoms with Crippen molar-refractivity contribution in [3.63, 3.8) is 0 Å². The van der Waals surface area contributed by atoms with Crippen molar-refractivity contribution in [2.24, 2.45) is 0 Å². The molecule has 1 aromatic heterocycles. The molecule has 0 bridgehead atoms. The topological polar surface area (TPSA) is 89.8 Å². The van der Waals surface area contributed by atoms with Gasteiger partial charge in [0.25, 0.3) is 0 Å². The maximum absolute atomic E-state index is 11.7. The number of hydrogen-bond donors (Lipinski definition) is 2. The van der Waals surface area contributed by atoms with Gasteiger partial charge < -0.3 is 24.5 Å². The van der Waals surface area contributed by atoms with E-state index in [9.17, 15) is 9.59 Å². The highest BCUT2D eigenvalue weighted by Gasteiger charge is 2.16. The lowest BCUT2D eigenvalue weighted by Gasteiger charge is -2.09. The first-order valence-electron chi connectivity index (χ1n) is 7.98. The number of esters is 1. The van der Waals surface area contributed by atoms with E-state index in [4.69, 9.17) is 9.15 Å². The molecule has 0 saturated heterocycles. The molecule has 25 heavy (non-hydrogen) atoms. The molecule has 2 N–H and O–H groups in total. The summed E-state index contributed by atoms with van der Waals surface area (Å²) in [4.78, 5) is 23.2. The van der Waals surface area contributed by atoms with Crippen molar-refractivity contribution >= 4 is 17.7 Å². The van der Waals surface area contributed by atoms with Crippen molar-refractivity contribution in [1.82, 2.24) is 5.32 Å². The van der Waals surface area contributed by atoms with Crippen molar-refractivity contribution < 1.29 is 23.5 Å². The third kappa shape index (κ3) is 5.27. The van der Waals surface area contributed by atoms with Gasteiger partial charge in [-0.25, -0.2) is 9.59 Å². The van der Waals surface area contributed by atoms with Gasteiger partial charge in [-0.05, 0) is 31.5 Å². The Morgan fingerprint density at radius 2 is 2.04 bits per heavy atom. The quantitative estimate of drug-likeness (QED) is 0.749. The largest absolute Gasteiger partial charge is 0.486 e. The third-order valence-corrected chi connectivity index (χ3v) is 3.35. The lowest BCUT2D eigenvalue weighted by molar-refractivity contribution is 0.0560. The number of aryl methyl sites for hydroxylation is 1. The smallest absolute Gasteiger partial charge is 0.374 e. The summed E-state index contributed by atoms with van der Waals surface area (Å²) in [7, 11) is 1.30. The number of urea groups is 1. The zero-order valence-corrected chi connectivity index (χ0v) is 14.5. The second kappa shape index (κ2) is 8.77. The SMILES string of the molecule is CCCNC(=O)Nc1cccc(OCc2cc(C)c(C(=O)OC)o2)c1. The minimum Gasteiger partial charge on any atom is -0.486 e. The highest BCUT2D eigenvalue weighted by molar-refractivity contribution is 5.89. The normalized spacial score (nSPS) is 10.2. The number of nitrogens with one attached hydrogen (secondary N) is 2. The van der Waals surface area contributed by atoms with Gasteiger partial charge in [-0.2, -0.15) is 0 Å². The fourth-order valence-electron chi connectivity index (χ4n) is 2.15. The van der Waals surface area contributed by atoms with Crippen LogP contribution in [0.1, 0.15) is 35.2 Å². The van der Waals surface area contributed by atoms with Crippen LogP contribution in [0.5, 0.6) is 5.75 Å². The lowest BCUT2D eigenvalue weighted by Crippen LogP contribution is -2.29. The fourth-order valence-corrected chi connectivity index (χ4v) is 2.15. The van der Waals surface area contributed by atoms with E-state index in [2.05, 4.69) is 15.4 Å². The molecule has 0 saturated carbocycles. The molecule has 2 rings (SSSR count). The maximum atomic E-state index is 11.7. The number of methoxy groups -OCH3 is 1. The number of ether oxygens (including phenoxy) is 2. The number of carbonyl (C=O) groups is 2. The molecule has 0 aliphatic heterocycles. The van der Waals surface area contributed by atoms with Gasteiger partial charge in [-0.3, -0.25) is 0 Å². The second-order valence-electron chi connectivity index (χ2n) is 5.41. The van der Waals surface area contributed by atoms with Crippen LogP contribution >= 0.6 is 0 Å². The Morgan fingerprint density at radius 1 is 1.24 bits per heavy atom. The van der Waals surface area contributed by atoms with Crippen LogP contribution in [0, 0.1) is 6.92 Å². The summed E-state index contributed by atoms with van der Waals surface area (Å²) < 4.78 is 15.8. The minimum absolute atomic E-state index is 0.156. The van der Waals surface area contributed by atoms with Crippen LogP contribution in [0.15, 0.2) is 34.7 Å². The van der Waals surface area contributed by atoms with Crippen LogP contribution in [-0.2, 0) is 11.3 Å². The molecular weight excluding hydrogens is 324 g/mol. The average Bonchev–Trinajstić information content (AvgIpc) is 2.98. The molecule has 0 fully saturated rings. The molecular formula is C18H22N2O5. The highest BCUT2D eigenvalue weighted by atomic mass is 16.5. The first kappa shape index (κ1) is 18.4. The van der Waals surface area contributed by atoms with Crippen molar-refractivity contribution in [3.05, 3.63) is 47.4 Å². The minimum atomic E-state index is -0.520. The fraction of sp³-hybridized carbons (Fsp3) is 0.333. The molecule has 0 spiro atoms. The van der Waals surface area contributed by atoms with Gasteiger partial charge in [0.1, 0.15) is 18.1 Å². The van der Waals surface area contributed by atoms with E-state index in [0.29, 0.717) is 29.3 Å². The number of carbonyl (C=O) groups excluding carboxylic acids is 2. The standard InChI is InChI=1S/C18H22N2O5/c1-4-8-19-18(22)20-13-6-5-7-14(10-13)24-11-15-9-12(2)16(25-15)17(21)23-3/h5-7,9-10H,4,8,11H2,1-3H3,(H2,19,20,22).